The monoisotopic (exact) mass is 309 g/mol. The summed E-state index contributed by atoms with van der Waals surface area (Å²) in [6.45, 7) is 0.448. The van der Waals surface area contributed by atoms with Crippen LogP contribution in [-0.4, -0.2) is 41.8 Å². The topological polar surface area (TPSA) is 67.7 Å². The molecular formula is C14H13F2N3O3. The Morgan fingerprint density at radius 3 is 2.59 bits per heavy atom. The third-order valence-corrected chi connectivity index (χ3v) is 3.17. The molecule has 0 atom stereocenters. The number of hydrogen-bond donors (Lipinski definition) is 1. The quantitative estimate of drug-likeness (QED) is 0.930. The number of hydrogen-bond acceptors (Lipinski definition) is 6. The van der Waals surface area contributed by atoms with Gasteiger partial charge in [-0.3, -0.25) is 0 Å². The minimum Gasteiger partial charge on any atom is -0.395 e. The van der Waals surface area contributed by atoms with Gasteiger partial charge in [0.1, 0.15) is 0 Å². The summed E-state index contributed by atoms with van der Waals surface area (Å²) in [6.07, 6.45) is -3.64. The summed E-state index contributed by atoms with van der Waals surface area (Å²) in [7, 11) is 1.78. The zero-order chi connectivity index (χ0) is 15.7. The average Bonchev–Trinajstić information content (AvgIpc) is 2.80. The van der Waals surface area contributed by atoms with E-state index in [2.05, 4.69) is 19.7 Å². The normalized spacial score (nSPS) is 14.9. The molecule has 0 saturated carbocycles. The second-order valence-electron chi connectivity index (χ2n) is 4.75. The number of alkyl halides is 2. The van der Waals surface area contributed by atoms with Gasteiger partial charge in [0, 0.05) is 19.2 Å². The van der Waals surface area contributed by atoms with E-state index in [0.29, 0.717) is 23.6 Å². The standard InChI is InChI=1S/C14H13F2N3O3/c1-19(6-7-20)13-5-3-10(17-18-13)9-2-4-11-12(8-9)22-14(15,16)21-11/h2-5,8,20H,6-7H2,1H3. The summed E-state index contributed by atoms with van der Waals surface area (Å²) in [5.41, 5.74) is 1.10. The highest BCUT2D eigenvalue weighted by Crippen LogP contribution is 2.42. The number of aliphatic hydroxyl groups is 1. The lowest BCUT2D eigenvalue weighted by Crippen LogP contribution is -2.25. The van der Waals surface area contributed by atoms with E-state index in [1.807, 2.05) is 0 Å². The zero-order valence-corrected chi connectivity index (χ0v) is 11.7. The molecule has 0 bridgehead atoms. The molecule has 3 rings (SSSR count). The summed E-state index contributed by atoms with van der Waals surface area (Å²) in [5, 5.41) is 17.0. The van der Waals surface area contributed by atoms with Crippen LogP contribution in [0.3, 0.4) is 0 Å². The Morgan fingerprint density at radius 1 is 1.14 bits per heavy atom. The molecule has 1 N–H and O–H groups in total. The van der Waals surface area contributed by atoms with E-state index in [1.165, 1.54) is 12.1 Å². The molecule has 1 aromatic carbocycles. The molecule has 1 aromatic heterocycles. The zero-order valence-electron chi connectivity index (χ0n) is 11.7. The Balaban J connectivity index is 1.84. The summed E-state index contributed by atoms with van der Waals surface area (Å²) in [6, 6.07) is 7.88. The van der Waals surface area contributed by atoms with Crippen LogP contribution in [0, 0.1) is 0 Å². The third kappa shape index (κ3) is 2.77. The minimum atomic E-state index is -3.64. The van der Waals surface area contributed by atoms with Gasteiger partial charge in [0.25, 0.3) is 0 Å². The summed E-state index contributed by atoms with van der Waals surface area (Å²) in [5.74, 6) is 0.553. The Bertz CT molecular complexity index is 680. The predicted molar refractivity (Wildman–Crippen MR) is 74.0 cm³/mol. The van der Waals surface area contributed by atoms with Gasteiger partial charge in [-0.25, -0.2) is 0 Å². The first-order valence-corrected chi connectivity index (χ1v) is 6.54. The van der Waals surface area contributed by atoms with Crippen LogP contribution < -0.4 is 14.4 Å². The number of rotatable bonds is 4. The number of benzene rings is 1. The average molecular weight is 309 g/mol. The fraction of sp³-hybridized carbons (Fsp3) is 0.286. The van der Waals surface area contributed by atoms with E-state index in [9.17, 15) is 8.78 Å². The number of halogens is 2. The first-order chi connectivity index (χ1) is 10.5. The molecule has 0 radical (unpaired) electrons. The van der Waals surface area contributed by atoms with Crippen molar-refractivity contribution in [2.75, 3.05) is 25.1 Å². The van der Waals surface area contributed by atoms with Gasteiger partial charge in [-0.15, -0.1) is 19.0 Å². The van der Waals surface area contributed by atoms with Gasteiger partial charge in [0.15, 0.2) is 17.3 Å². The molecule has 0 fully saturated rings. The Morgan fingerprint density at radius 2 is 1.91 bits per heavy atom. The third-order valence-electron chi connectivity index (χ3n) is 3.17. The molecule has 0 aliphatic carbocycles. The van der Waals surface area contributed by atoms with Crippen LogP contribution in [0.2, 0.25) is 0 Å². The smallest absolute Gasteiger partial charge is 0.395 e. The number of aliphatic hydroxyl groups excluding tert-OH is 1. The van der Waals surface area contributed by atoms with E-state index < -0.39 is 6.29 Å². The first-order valence-electron chi connectivity index (χ1n) is 6.54. The van der Waals surface area contributed by atoms with Gasteiger partial charge in [-0.05, 0) is 30.3 Å². The molecule has 0 spiro atoms. The Hall–Kier alpha value is -2.48. The van der Waals surface area contributed by atoms with Gasteiger partial charge >= 0.3 is 6.29 Å². The molecule has 2 heterocycles. The maximum Gasteiger partial charge on any atom is 0.586 e. The molecule has 2 aromatic rings. The molecule has 1 aliphatic heterocycles. The Kier molecular flexibility index (Phi) is 3.53. The largest absolute Gasteiger partial charge is 0.586 e. The second-order valence-corrected chi connectivity index (χ2v) is 4.75. The van der Waals surface area contributed by atoms with Crippen molar-refractivity contribution < 1.29 is 23.4 Å². The highest BCUT2D eigenvalue weighted by Gasteiger charge is 2.43. The van der Waals surface area contributed by atoms with Crippen LogP contribution in [0.4, 0.5) is 14.6 Å². The van der Waals surface area contributed by atoms with Crippen LogP contribution in [0.5, 0.6) is 11.5 Å². The molecule has 1 aliphatic rings. The maximum absolute atomic E-state index is 13.0. The Labute approximate surface area is 124 Å². The molecule has 22 heavy (non-hydrogen) atoms. The van der Waals surface area contributed by atoms with Crippen LogP contribution >= 0.6 is 0 Å². The number of nitrogens with zero attached hydrogens (tertiary/aromatic N) is 3. The number of anilines is 1. The van der Waals surface area contributed by atoms with Crippen LogP contribution in [0.25, 0.3) is 11.3 Å². The van der Waals surface area contributed by atoms with E-state index in [0.717, 1.165) is 0 Å². The fourth-order valence-corrected chi connectivity index (χ4v) is 2.06. The van der Waals surface area contributed by atoms with Crippen molar-refractivity contribution in [3.05, 3.63) is 30.3 Å². The van der Waals surface area contributed by atoms with E-state index in [-0.39, 0.29) is 18.1 Å². The first kappa shape index (κ1) is 14.5. The maximum atomic E-state index is 13.0. The lowest BCUT2D eigenvalue weighted by Gasteiger charge is -2.15. The minimum absolute atomic E-state index is 0.0102. The lowest BCUT2D eigenvalue weighted by molar-refractivity contribution is -0.286. The van der Waals surface area contributed by atoms with Crippen molar-refractivity contribution in [1.29, 1.82) is 0 Å². The van der Waals surface area contributed by atoms with Gasteiger partial charge < -0.3 is 19.5 Å². The molecule has 0 saturated heterocycles. The number of fused-ring (bicyclic) bond motifs is 1. The molecule has 116 valence electrons. The van der Waals surface area contributed by atoms with Gasteiger partial charge in [0.05, 0.1) is 12.3 Å². The van der Waals surface area contributed by atoms with E-state index >= 15 is 0 Å². The molecule has 6 nitrogen and oxygen atoms in total. The van der Waals surface area contributed by atoms with E-state index in [4.69, 9.17) is 5.11 Å². The fourth-order valence-electron chi connectivity index (χ4n) is 2.06. The number of aromatic nitrogens is 2. The number of ether oxygens (including phenoxy) is 2. The van der Waals surface area contributed by atoms with Crippen molar-refractivity contribution in [1.82, 2.24) is 10.2 Å². The highest BCUT2D eigenvalue weighted by molar-refractivity contribution is 5.64. The van der Waals surface area contributed by atoms with Crippen molar-refractivity contribution in [2.45, 2.75) is 6.29 Å². The van der Waals surface area contributed by atoms with Crippen molar-refractivity contribution in [3.63, 3.8) is 0 Å². The summed E-state index contributed by atoms with van der Waals surface area (Å²) >= 11 is 0. The van der Waals surface area contributed by atoms with Crippen molar-refractivity contribution >= 4 is 5.82 Å². The predicted octanol–water partition coefficient (Wildman–Crippen LogP) is 1.89. The van der Waals surface area contributed by atoms with Crippen molar-refractivity contribution in [2.24, 2.45) is 0 Å². The summed E-state index contributed by atoms with van der Waals surface area (Å²) in [4.78, 5) is 1.75. The van der Waals surface area contributed by atoms with Gasteiger partial charge in [-0.1, -0.05) is 0 Å². The van der Waals surface area contributed by atoms with Crippen LogP contribution in [-0.2, 0) is 0 Å². The van der Waals surface area contributed by atoms with Crippen LogP contribution in [0.1, 0.15) is 0 Å². The van der Waals surface area contributed by atoms with Crippen molar-refractivity contribution in [3.8, 4) is 22.8 Å². The van der Waals surface area contributed by atoms with Gasteiger partial charge in [-0.2, -0.15) is 0 Å². The molecule has 8 heteroatoms. The second kappa shape index (κ2) is 5.38. The SMILES string of the molecule is CN(CCO)c1ccc(-c2ccc3c(c2)OC(F)(F)O3)nn1. The van der Waals surface area contributed by atoms with E-state index in [1.54, 1.807) is 30.1 Å². The van der Waals surface area contributed by atoms with Crippen LogP contribution in [0.15, 0.2) is 30.3 Å². The van der Waals surface area contributed by atoms with Gasteiger partial charge in [0.2, 0.25) is 0 Å². The molecule has 0 amide bonds. The molecule has 0 unspecified atom stereocenters. The number of likely N-dealkylation sites (N-methyl/N-ethyl adjacent to an activating group) is 1. The molecular weight excluding hydrogens is 296 g/mol. The summed E-state index contributed by atoms with van der Waals surface area (Å²) < 4.78 is 34.7. The highest BCUT2D eigenvalue weighted by atomic mass is 19.3. The lowest BCUT2D eigenvalue weighted by atomic mass is 10.1.